The Morgan fingerprint density at radius 2 is 1.55 bits per heavy atom. The molecule has 2 aliphatic heterocycles. The Balaban J connectivity index is 1.26. The second-order valence-electron chi connectivity index (χ2n) is 13.8. The molecule has 7 rings (SSSR count). The molecule has 0 N–H and O–H groups in total. The number of nitriles is 1. The molecule has 5 aromatic rings. The fraction of sp³-hybridized carbons (Fsp3) is 0.256. The number of carbonyl (C=O) groups is 3. The van der Waals surface area contributed by atoms with Gasteiger partial charge >= 0.3 is 0 Å². The molecule has 51 heavy (non-hydrogen) atoms. The highest BCUT2D eigenvalue weighted by Crippen LogP contribution is 2.36. The van der Waals surface area contributed by atoms with Crippen molar-refractivity contribution in [3.8, 4) is 17.3 Å². The Hall–Kier alpha value is -5.94. The molecule has 1 aromatic heterocycles. The van der Waals surface area contributed by atoms with Gasteiger partial charge in [0.15, 0.2) is 0 Å². The molecule has 8 nitrogen and oxygen atoms in total. The number of hydrogen-bond acceptors (Lipinski definition) is 4. The summed E-state index contributed by atoms with van der Waals surface area (Å²) in [5, 5.41) is 9.15. The summed E-state index contributed by atoms with van der Waals surface area (Å²) in [6.07, 6.45) is 1.66. The largest absolute Gasteiger partial charge is 0.347 e. The number of amides is 3. The smallest absolute Gasteiger partial charge is 0.259 e. The molecular weight excluding hydrogens is 635 g/mol. The SMILES string of the molecule is Cc1c(C(=O)N(C)c2ccccc2)cc(-c2cc3c(cc2C(=O)N2Cc4ccccc4C[C@H]2C)CN(C(=O)Cc2ccc(C#N)cc2)CC3)n1C. The van der Waals surface area contributed by atoms with Crippen molar-refractivity contribution in [2.45, 2.75) is 52.2 Å². The molecule has 256 valence electrons. The van der Waals surface area contributed by atoms with Gasteiger partial charge in [-0.15, -0.1) is 0 Å². The fourth-order valence-corrected chi connectivity index (χ4v) is 7.42. The van der Waals surface area contributed by atoms with Crippen LogP contribution >= 0.6 is 0 Å². The first-order valence-corrected chi connectivity index (χ1v) is 17.4. The molecule has 8 heteroatoms. The quantitative estimate of drug-likeness (QED) is 0.197. The molecule has 0 unspecified atom stereocenters. The van der Waals surface area contributed by atoms with Crippen LogP contribution in [0.1, 0.15) is 66.7 Å². The van der Waals surface area contributed by atoms with Crippen molar-refractivity contribution in [2.24, 2.45) is 7.05 Å². The zero-order chi connectivity index (χ0) is 35.8. The summed E-state index contributed by atoms with van der Waals surface area (Å²) in [5.74, 6) is -0.180. The van der Waals surface area contributed by atoms with Crippen LogP contribution in [0.15, 0.2) is 97.1 Å². The van der Waals surface area contributed by atoms with E-state index in [0.717, 1.165) is 51.3 Å². The van der Waals surface area contributed by atoms with E-state index < -0.39 is 0 Å². The van der Waals surface area contributed by atoms with Crippen LogP contribution in [0.2, 0.25) is 0 Å². The monoisotopic (exact) mass is 675 g/mol. The summed E-state index contributed by atoms with van der Waals surface area (Å²) in [7, 11) is 3.72. The Morgan fingerprint density at radius 1 is 0.843 bits per heavy atom. The minimum atomic E-state index is -0.121. The maximum Gasteiger partial charge on any atom is 0.259 e. The molecule has 4 aromatic carbocycles. The van der Waals surface area contributed by atoms with E-state index >= 15 is 0 Å². The maximum atomic E-state index is 14.8. The number of rotatable bonds is 6. The minimum absolute atomic E-state index is 0.00594. The molecule has 0 aliphatic carbocycles. The van der Waals surface area contributed by atoms with Gasteiger partial charge in [-0.05, 0) is 97.0 Å². The topological polar surface area (TPSA) is 89.7 Å². The molecule has 0 fully saturated rings. The molecule has 3 heterocycles. The zero-order valence-corrected chi connectivity index (χ0v) is 29.5. The van der Waals surface area contributed by atoms with E-state index in [-0.39, 0.29) is 30.2 Å². The van der Waals surface area contributed by atoms with E-state index in [1.54, 1.807) is 24.1 Å². The van der Waals surface area contributed by atoms with Crippen molar-refractivity contribution < 1.29 is 14.4 Å². The molecule has 0 radical (unpaired) electrons. The third-order valence-corrected chi connectivity index (χ3v) is 10.6. The van der Waals surface area contributed by atoms with Gasteiger partial charge in [0, 0.05) is 68.0 Å². The number of nitrogens with zero attached hydrogens (tertiary/aromatic N) is 5. The van der Waals surface area contributed by atoms with Gasteiger partial charge in [-0.2, -0.15) is 5.26 Å². The van der Waals surface area contributed by atoms with Gasteiger partial charge in [0.25, 0.3) is 11.8 Å². The van der Waals surface area contributed by atoms with E-state index in [1.165, 1.54) is 5.56 Å². The first kappa shape index (κ1) is 33.6. The Kier molecular flexibility index (Phi) is 9.05. The van der Waals surface area contributed by atoms with Crippen molar-refractivity contribution in [1.29, 1.82) is 5.26 Å². The van der Waals surface area contributed by atoms with Gasteiger partial charge in [-0.3, -0.25) is 14.4 Å². The van der Waals surface area contributed by atoms with Crippen molar-refractivity contribution in [2.75, 3.05) is 18.5 Å². The van der Waals surface area contributed by atoms with Crippen molar-refractivity contribution in [1.82, 2.24) is 14.4 Å². The molecule has 0 saturated heterocycles. The predicted octanol–water partition coefficient (Wildman–Crippen LogP) is 6.86. The molecule has 3 amide bonds. The second kappa shape index (κ2) is 13.8. The van der Waals surface area contributed by atoms with Crippen LogP contribution in [0, 0.1) is 18.3 Å². The first-order valence-electron chi connectivity index (χ1n) is 17.4. The number of carbonyl (C=O) groups excluding carboxylic acids is 3. The van der Waals surface area contributed by atoms with Crippen LogP contribution in [0.4, 0.5) is 5.69 Å². The average molecular weight is 676 g/mol. The van der Waals surface area contributed by atoms with E-state index in [9.17, 15) is 14.4 Å². The highest BCUT2D eigenvalue weighted by Gasteiger charge is 2.32. The first-order chi connectivity index (χ1) is 24.6. The lowest BCUT2D eigenvalue weighted by molar-refractivity contribution is -0.131. The molecule has 0 bridgehead atoms. The lowest BCUT2D eigenvalue weighted by Gasteiger charge is -2.36. The van der Waals surface area contributed by atoms with Gasteiger partial charge in [0.2, 0.25) is 5.91 Å². The Labute approximate surface area is 299 Å². The number of anilines is 1. The number of benzene rings is 4. The lowest BCUT2D eigenvalue weighted by Crippen LogP contribution is -2.43. The summed E-state index contributed by atoms with van der Waals surface area (Å²) in [5.41, 5.74) is 10.2. The van der Waals surface area contributed by atoms with E-state index in [4.69, 9.17) is 5.26 Å². The summed E-state index contributed by atoms with van der Waals surface area (Å²) < 4.78 is 2.01. The molecule has 0 spiro atoms. The third-order valence-electron chi connectivity index (χ3n) is 10.6. The highest BCUT2D eigenvalue weighted by molar-refractivity contribution is 6.08. The summed E-state index contributed by atoms with van der Waals surface area (Å²) >= 11 is 0. The second-order valence-corrected chi connectivity index (χ2v) is 13.8. The Morgan fingerprint density at radius 3 is 2.27 bits per heavy atom. The van der Waals surface area contributed by atoms with Crippen LogP contribution in [-0.2, 0) is 44.2 Å². The summed E-state index contributed by atoms with van der Waals surface area (Å²) in [4.78, 5) is 47.6. The molecule has 2 aliphatic rings. The molecule has 0 saturated carbocycles. The fourth-order valence-electron chi connectivity index (χ4n) is 7.42. The van der Waals surface area contributed by atoms with Crippen LogP contribution in [0.3, 0.4) is 0 Å². The minimum Gasteiger partial charge on any atom is -0.347 e. The van der Waals surface area contributed by atoms with E-state index in [2.05, 4.69) is 31.2 Å². The summed E-state index contributed by atoms with van der Waals surface area (Å²) in [6.45, 7) is 5.52. The number of para-hydroxylation sites is 1. The zero-order valence-electron chi connectivity index (χ0n) is 29.5. The molecular formula is C43H41N5O3. The van der Waals surface area contributed by atoms with Gasteiger partial charge < -0.3 is 19.3 Å². The normalized spacial score (nSPS) is 15.1. The third kappa shape index (κ3) is 6.43. The standard InChI is InChI=1S/C43H41N5O3/c1-28-20-32-10-8-9-11-34(32)27-48(28)43(51)39-23-35-26-47(41(49)21-30-14-16-31(25-44)17-15-30)19-18-33(35)22-38(39)40-24-37(29(2)45(40)3)42(50)46(4)36-12-6-5-7-13-36/h5-17,22-24,28H,18-21,26-27H2,1-4H3/t28-/m1/s1. The van der Waals surface area contributed by atoms with Crippen LogP contribution in [-0.4, -0.2) is 51.7 Å². The maximum absolute atomic E-state index is 14.8. The average Bonchev–Trinajstić information content (AvgIpc) is 3.46. The van der Waals surface area contributed by atoms with Crippen molar-refractivity contribution in [3.63, 3.8) is 0 Å². The highest BCUT2D eigenvalue weighted by atomic mass is 16.2. The number of hydrogen-bond donors (Lipinski definition) is 0. The van der Waals surface area contributed by atoms with Gasteiger partial charge in [-0.25, -0.2) is 0 Å². The number of fused-ring (bicyclic) bond motifs is 2. The molecule has 1 atom stereocenters. The van der Waals surface area contributed by atoms with Gasteiger partial charge in [0.05, 0.1) is 23.6 Å². The van der Waals surface area contributed by atoms with Gasteiger partial charge in [0.1, 0.15) is 0 Å². The van der Waals surface area contributed by atoms with E-state index in [0.29, 0.717) is 42.7 Å². The van der Waals surface area contributed by atoms with E-state index in [1.807, 2.05) is 95.1 Å². The van der Waals surface area contributed by atoms with Crippen LogP contribution in [0.25, 0.3) is 11.3 Å². The Bertz CT molecular complexity index is 2200. The number of aromatic nitrogens is 1. The lowest BCUT2D eigenvalue weighted by atomic mass is 9.89. The van der Waals surface area contributed by atoms with Gasteiger partial charge in [-0.1, -0.05) is 54.6 Å². The van der Waals surface area contributed by atoms with Crippen molar-refractivity contribution in [3.05, 3.63) is 147 Å². The van der Waals surface area contributed by atoms with Crippen LogP contribution in [0.5, 0.6) is 0 Å². The summed E-state index contributed by atoms with van der Waals surface area (Å²) in [6, 6.07) is 33.1. The van der Waals surface area contributed by atoms with Crippen LogP contribution < -0.4 is 4.90 Å². The van der Waals surface area contributed by atoms with Crippen molar-refractivity contribution >= 4 is 23.4 Å². The predicted molar refractivity (Wildman–Crippen MR) is 198 cm³/mol.